The van der Waals surface area contributed by atoms with E-state index in [2.05, 4.69) is 0 Å². The van der Waals surface area contributed by atoms with Crippen LogP contribution in [-0.2, 0) is 16.4 Å². The SMILES string of the molecule is CC(=O)c1ccccc1S(=O)(=O)c1c(C)c(C(=O)O)n(CCCOc2cc(C)c(Cl)c(C)c2)c1C. The highest BCUT2D eigenvalue weighted by Gasteiger charge is 2.32. The molecule has 9 heteroatoms. The molecule has 0 aliphatic heterocycles. The molecule has 1 heterocycles. The van der Waals surface area contributed by atoms with Gasteiger partial charge in [-0.1, -0.05) is 29.8 Å². The van der Waals surface area contributed by atoms with Crippen LogP contribution in [0.1, 0.15) is 56.6 Å². The Hall–Kier alpha value is -3.10. The second-order valence-corrected chi connectivity index (χ2v) is 10.7. The summed E-state index contributed by atoms with van der Waals surface area (Å²) in [6, 6.07) is 9.61. The fourth-order valence-electron chi connectivity index (χ4n) is 4.33. The summed E-state index contributed by atoms with van der Waals surface area (Å²) in [6.45, 7) is 8.67. The molecule has 1 N–H and O–H groups in total. The van der Waals surface area contributed by atoms with Crippen molar-refractivity contribution < 1.29 is 27.9 Å². The van der Waals surface area contributed by atoms with Gasteiger partial charge in [-0.2, -0.15) is 0 Å². The van der Waals surface area contributed by atoms with E-state index in [0.717, 1.165) is 11.1 Å². The molecule has 0 fully saturated rings. The monoisotopic (exact) mass is 517 g/mol. The second kappa shape index (κ2) is 10.3. The van der Waals surface area contributed by atoms with Crippen LogP contribution in [0.2, 0.25) is 5.02 Å². The number of aromatic carboxylic acids is 1. The van der Waals surface area contributed by atoms with Gasteiger partial charge < -0.3 is 14.4 Å². The number of ether oxygens (including phenoxy) is 1. The van der Waals surface area contributed by atoms with Gasteiger partial charge in [0.25, 0.3) is 0 Å². The third-order valence-corrected chi connectivity index (χ3v) is 8.60. The van der Waals surface area contributed by atoms with Gasteiger partial charge in [-0.25, -0.2) is 13.2 Å². The maximum atomic E-state index is 13.6. The number of ketones is 1. The highest BCUT2D eigenvalue weighted by molar-refractivity contribution is 7.91. The van der Waals surface area contributed by atoms with E-state index in [0.29, 0.717) is 29.5 Å². The fraction of sp³-hybridized carbons (Fsp3) is 0.308. The molecule has 7 nitrogen and oxygen atoms in total. The first-order valence-electron chi connectivity index (χ1n) is 11.1. The summed E-state index contributed by atoms with van der Waals surface area (Å²) in [5.74, 6) is -0.952. The predicted molar refractivity (Wildman–Crippen MR) is 134 cm³/mol. The van der Waals surface area contributed by atoms with Crippen molar-refractivity contribution in [2.75, 3.05) is 6.61 Å². The standard InChI is InChI=1S/C26H28ClNO6S/c1-15-13-20(14-16(2)23(15)27)34-12-8-11-28-18(4)25(17(3)24(28)26(30)31)35(32,33)22-10-7-6-9-21(22)19(5)29/h6-7,9-10,13-14H,8,11-12H2,1-5H3,(H,30,31). The number of carbonyl (C=O) groups excluding carboxylic acids is 1. The van der Waals surface area contributed by atoms with Gasteiger partial charge in [0.05, 0.1) is 16.4 Å². The summed E-state index contributed by atoms with van der Waals surface area (Å²) in [5.41, 5.74) is 2.20. The smallest absolute Gasteiger partial charge is 0.352 e. The Bertz CT molecular complexity index is 1400. The minimum Gasteiger partial charge on any atom is -0.494 e. The highest BCUT2D eigenvalue weighted by Crippen LogP contribution is 2.33. The van der Waals surface area contributed by atoms with Crippen molar-refractivity contribution in [2.45, 2.75) is 57.4 Å². The van der Waals surface area contributed by atoms with Crippen LogP contribution in [0.25, 0.3) is 0 Å². The van der Waals surface area contributed by atoms with E-state index in [9.17, 15) is 23.1 Å². The first-order valence-corrected chi connectivity index (χ1v) is 12.9. The number of sulfone groups is 1. The van der Waals surface area contributed by atoms with Crippen molar-refractivity contribution in [3.8, 4) is 5.75 Å². The summed E-state index contributed by atoms with van der Waals surface area (Å²) in [7, 11) is -4.15. The van der Waals surface area contributed by atoms with E-state index in [1.165, 1.54) is 36.6 Å². The van der Waals surface area contributed by atoms with Crippen LogP contribution in [0.15, 0.2) is 46.2 Å². The van der Waals surface area contributed by atoms with Gasteiger partial charge >= 0.3 is 5.97 Å². The molecule has 0 radical (unpaired) electrons. The molecule has 186 valence electrons. The molecule has 0 aliphatic rings. The van der Waals surface area contributed by atoms with Gasteiger partial charge in [0.2, 0.25) is 9.84 Å². The molecule has 0 saturated heterocycles. The zero-order chi connectivity index (χ0) is 26.1. The molecule has 2 aromatic carbocycles. The van der Waals surface area contributed by atoms with E-state index < -0.39 is 15.8 Å². The summed E-state index contributed by atoms with van der Waals surface area (Å²) < 4.78 is 34.5. The van der Waals surface area contributed by atoms with Crippen molar-refractivity contribution in [3.05, 3.63) is 75.1 Å². The van der Waals surface area contributed by atoms with Crippen molar-refractivity contribution >= 4 is 33.2 Å². The van der Waals surface area contributed by atoms with E-state index in [-0.39, 0.29) is 38.9 Å². The average Bonchev–Trinajstić information content (AvgIpc) is 3.04. The number of aryl methyl sites for hydroxylation is 2. The molecular formula is C26H28ClNO6S. The lowest BCUT2D eigenvalue weighted by Crippen LogP contribution is -2.13. The number of carboxylic acid groups (broad SMARTS) is 1. The number of halogens is 1. The van der Waals surface area contributed by atoms with Crippen LogP contribution in [0, 0.1) is 27.7 Å². The molecular weight excluding hydrogens is 490 g/mol. The van der Waals surface area contributed by atoms with Crippen molar-refractivity contribution in [1.82, 2.24) is 4.57 Å². The van der Waals surface area contributed by atoms with Crippen molar-refractivity contribution in [1.29, 1.82) is 0 Å². The van der Waals surface area contributed by atoms with Gasteiger partial charge in [-0.05, 0) is 70.4 Å². The third kappa shape index (κ3) is 5.13. The lowest BCUT2D eigenvalue weighted by molar-refractivity contribution is 0.0683. The molecule has 0 amide bonds. The van der Waals surface area contributed by atoms with Crippen LogP contribution in [0.5, 0.6) is 5.75 Å². The normalized spacial score (nSPS) is 11.5. The number of nitrogens with zero attached hydrogens (tertiary/aromatic N) is 1. The number of carbonyl (C=O) groups is 2. The van der Waals surface area contributed by atoms with Crippen molar-refractivity contribution in [3.63, 3.8) is 0 Å². The van der Waals surface area contributed by atoms with Gasteiger partial charge in [-0.3, -0.25) is 4.79 Å². The Balaban J connectivity index is 1.93. The molecule has 0 unspecified atom stereocenters. The Kier molecular flexibility index (Phi) is 7.77. The summed E-state index contributed by atoms with van der Waals surface area (Å²) >= 11 is 6.20. The van der Waals surface area contributed by atoms with Gasteiger partial charge in [-0.15, -0.1) is 0 Å². The molecule has 3 rings (SSSR count). The number of benzene rings is 2. The Morgan fingerprint density at radius 3 is 2.23 bits per heavy atom. The summed E-state index contributed by atoms with van der Waals surface area (Å²) in [5, 5.41) is 10.6. The molecule has 0 atom stereocenters. The lowest BCUT2D eigenvalue weighted by Gasteiger charge is -2.13. The number of hydrogen-bond donors (Lipinski definition) is 1. The maximum Gasteiger partial charge on any atom is 0.352 e. The van der Waals surface area contributed by atoms with Crippen LogP contribution in [0.4, 0.5) is 0 Å². The Labute approximate surface area is 210 Å². The van der Waals surface area contributed by atoms with Crippen molar-refractivity contribution in [2.24, 2.45) is 0 Å². The molecule has 0 saturated carbocycles. The quantitative estimate of drug-likeness (QED) is 0.293. The first kappa shape index (κ1) is 26.5. The molecule has 0 bridgehead atoms. The Morgan fingerprint density at radius 1 is 1.06 bits per heavy atom. The number of Topliss-reactive ketones (excluding diaryl/α,β-unsaturated/α-hetero) is 1. The molecule has 0 spiro atoms. The minimum absolute atomic E-state index is 0.0675. The Morgan fingerprint density at radius 2 is 1.66 bits per heavy atom. The van der Waals surface area contributed by atoms with Crippen LogP contribution < -0.4 is 4.74 Å². The summed E-state index contributed by atoms with van der Waals surface area (Å²) in [4.78, 5) is 23.9. The number of carboxylic acids is 1. The molecule has 3 aromatic rings. The van der Waals surface area contributed by atoms with E-state index in [4.69, 9.17) is 16.3 Å². The van der Waals surface area contributed by atoms with Gasteiger partial charge in [0.15, 0.2) is 5.78 Å². The van der Waals surface area contributed by atoms with E-state index in [1.54, 1.807) is 13.0 Å². The van der Waals surface area contributed by atoms with E-state index >= 15 is 0 Å². The number of aromatic nitrogens is 1. The first-order chi connectivity index (χ1) is 16.4. The average molecular weight is 518 g/mol. The van der Waals surface area contributed by atoms with E-state index in [1.807, 2.05) is 26.0 Å². The third-order valence-electron chi connectivity index (χ3n) is 5.93. The zero-order valence-electron chi connectivity index (χ0n) is 20.3. The molecule has 1 aromatic heterocycles. The topological polar surface area (TPSA) is 103 Å². The lowest BCUT2D eigenvalue weighted by atomic mass is 10.1. The van der Waals surface area contributed by atoms with Gasteiger partial charge in [0.1, 0.15) is 11.4 Å². The summed E-state index contributed by atoms with van der Waals surface area (Å²) in [6.07, 6.45) is 0.444. The highest BCUT2D eigenvalue weighted by atomic mass is 35.5. The van der Waals surface area contributed by atoms with Crippen LogP contribution in [0.3, 0.4) is 0 Å². The largest absolute Gasteiger partial charge is 0.494 e. The van der Waals surface area contributed by atoms with Crippen LogP contribution in [-0.4, -0.2) is 36.5 Å². The van der Waals surface area contributed by atoms with Gasteiger partial charge in [0, 0.05) is 28.4 Å². The predicted octanol–water partition coefficient (Wildman–Crippen LogP) is 5.58. The maximum absolute atomic E-state index is 13.6. The molecule has 0 aliphatic carbocycles. The number of hydrogen-bond acceptors (Lipinski definition) is 5. The zero-order valence-corrected chi connectivity index (χ0v) is 21.9. The molecule has 35 heavy (non-hydrogen) atoms. The fourth-order valence-corrected chi connectivity index (χ4v) is 6.41. The van der Waals surface area contributed by atoms with Crippen LogP contribution >= 0.6 is 11.6 Å². The number of rotatable bonds is 9. The second-order valence-electron chi connectivity index (χ2n) is 8.47. The minimum atomic E-state index is -4.15.